The molecular formula is C12H16ClN. The van der Waals surface area contributed by atoms with E-state index in [0.717, 1.165) is 24.4 Å². The predicted octanol–water partition coefficient (Wildman–Crippen LogP) is 2.79. The summed E-state index contributed by atoms with van der Waals surface area (Å²) in [5.41, 5.74) is 8.91. The van der Waals surface area contributed by atoms with Gasteiger partial charge in [-0.05, 0) is 54.5 Å². The summed E-state index contributed by atoms with van der Waals surface area (Å²) in [6.07, 6.45) is 3.40. The van der Waals surface area contributed by atoms with Gasteiger partial charge in [0.15, 0.2) is 0 Å². The van der Waals surface area contributed by atoms with Crippen LogP contribution in [-0.4, -0.2) is 6.54 Å². The molecule has 1 aliphatic rings. The smallest absolute Gasteiger partial charge is 0.0408 e. The van der Waals surface area contributed by atoms with Gasteiger partial charge < -0.3 is 5.73 Å². The maximum absolute atomic E-state index is 5.98. The lowest BCUT2D eigenvalue weighted by Gasteiger charge is -2.33. The molecule has 0 spiro atoms. The van der Waals surface area contributed by atoms with Gasteiger partial charge in [0.25, 0.3) is 0 Å². The highest BCUT2D eigenvalue weighted by Gasteiger charge is 2.28. The summed E-state index contributed by atoms with van der Waals surface area (Å²) in [6.45, 7) is 3.02. The van der Waals surface area contributed by atoms with Crippen molar-refractivity contribution in [1.29, 1.82) is 0 Å². The first kappa shape index (κ1) is 10.0. The maximum atomic E-state index is 5.98. The lowest BCUT2D eigenvalue weighted by molar-refractivity contribution is 0.290. The fourth-order valence-electron chi connectivity index (χ4n) is 2.16. The molecule has 1 nitrogen and oxygen atoms in total. The molecule has 0 bridgehead atoms. The van der Waals surface area contributed by atoms with Crippen molar-refractivity contribution < 1.29 is 0 Å². The molecule has 0 saturated heterocycles. The third-order valence-electron chi connectivity index (χ3n) is 3.28. The number of aryl methyl sites for hydroxylation is 1. The summed E-state index contributed by atoms with van der Waals surface area (Å²) < 4.78 is 0. The molecule has 2 heteroatoms. The summed E-state index contributed by atoms with van der Waals surface area (Å²) >= 11 is 5.98. The fraction of sp³-hybridized carbons (Fsp3) is 0.500. The lowest BCUT2D eigenvalue weighted by Crippen LogP contribution is -2.33. The summed E-state index contributed by atoms with van der Waals surface area (Å²) in [6, 6.07) is 6.21. The molecule has 76 valence electrons. The van der Waals surface area contributed by atoms with E-state index in [-0.39, 0.29) is 5.41 Å². The van der Waals surface area contributed by atoms with Crippen molar-refractivity contribution in [1.82, 2.24) is 0 Å². The van der Waals surface area contributed by atoms with E-state index in [0.29, 0.717) is 0 Å². The number of nitrogens with two attached hydrogens (primary N) is 1. The average molecular weight is 210 g/mol. The Bertz CT molecular complexity index is 348. The van der Waals surface area contributed by atoms with Crippen LogP contribution in [0.2, 0.25) is 5.02 Å². The number of hydrogen-bond donors (Lipinski definition) is 1. The van der Waals surface area contributed by atoms with Crippen LogP contribution in [0, 0.1) is 5.41 Å². The topological polar surface area (TPSA) is 26.0 Å². The van der Waals surface area contributed by atoms with E-state index in [2.05, 4.69) is 19.1 Å². The molecule has 0 heterocycles. The van der Waals surface area contributed by atoms with Gasteiger partial charge in [0.05, 0.1) is 0 Å². The third-order valence-corrected chi connectivity index (χ3v) is 3.51. The van der Waals surface area contributed by atoms with E-state index in [9.17, 15) is 0 Å². The van der Waals surface area contributed by atoms with Crippen LogP contribution in [0.3, 0.4) is 0 Å². The Kier molecular flexibility index (Phi) is 2.54. The minimum Gasteiger partial charge on any atom is -0.330 e. The molecule has 0 aromatic heterocycles. The zero-order valence-corrected chi connectivity index (χ0v) is 9.27. The first-order chi connectivity index (χ1) is 6.63. The van der Waals surface area contributed by atoms with Crippen molar-refractivity contribution in [2.75, 3.05) is 6.54 Å². The highest BCUT2D eigenvalue weighted by atomic mass is 35.5. The third kappa shape index (κ3) is 1.79. The molecule has 0 saturated carbocycles. The van der Waals surface area contributed by atoms with E-state index in [4.69, 9.17) is 17.3 Å². The lowest BCUT2D eigenvalue weighted by atomic mass is 9.73. The van der Waals surface area contributed by atoms with E-state index in [1.54, 1.807) is 0 Å². The second-order valence-electron chi connectivity index (χ2n) is 4.60. The van der Waals surface area contributed by atoms with Crippen LogP contribution >= 0.6 is 11.6 Å². The fourth-order valence-corrected chi connectivity index (χ4v) is 2.36. The zero-order chi connectivity index (χ0) is 10.2. The van der Waals surface area contributed by atoms with Crippen LogP contribution < -0.4 is 5.73 Å². The maximum Gasteiger partial charge on any atom is 0.0408 e. The molecule has 0 fully saturated rings. The first-order valence-electron chi connectivity index (χ1n) is 5.10. The Morgan fingerprint density at radius 1 is 1.43 bits per heavy atom. The molecule has 1 aromatic carbocycles. The van der Waals surface area contributed by atoms with Gasteiger partial charge in [-0.15, -0.1) is 0 Å². The van der Waals surface area contributed by atoms with E-state index < -0.39 is 0 Å². The molecule has 1 atom stereocenters. The number of hydrogen-bond acceptors (Lipinski definition) is 1. The Labute approximate surface area is 90.3 Å². The van der Waals surface area contributed by atoms with E-state index >= 15 is 0 Å². The van der Waals surface area contributed by atoms with Crippen molar-refractivity contribution >= 4 is 11.6 Å². The van der Waals surface area contributed by atoms with Crippen molar-refractivity contribution in [3.05, 3.63) is 34.3 Å². The van der Waals surface area contributed by atoms with Crippen LogP contribution in [-0.2, 0) is 12.8 Å². The predicted molar refractivity (Wildman–Crippen MR) is 60.6 cm³/mol. The van der Waals surface area contributed by atoms with E-state index in [1.165, 1.54) is 17.5 Å². The van der Waals surface area contributed by atoms with Gasteiger partial charge >= 0.3 is 0 Å². The number of benzene rings is 1. The number of fused-ring (bicyclic) bond motifs is 1. The van der Waals surface area contributed by atoms with Gasteiger partial charge in [0, 0.05) is 5.02 Å². The SMILES string of the molecule is CC1(CN)CCc2ccc(Cl)cc2C1. The van der Waals surface area contributed by atoms with Crippen LogP contribution in [0.25, 0.3) is 0 Å². The molecule has 1 aromatic rings. The Morgan fingerprint density at radius 3 is 2.93 bits per heavy atom. The van der Waals surface area contributed by atoms with Crippen LogP contribution in [0.4, 0.5) is 0 Å². The average Bonchev–Trinajstić information content (AvgIpc) is 2.17. The zero-order valence-electron chi connectivity index (χ0n) is 8.52. The monoisotopic (exact) mass is 209 g/mol. The minimum absolute atomic E-state index is 0.275. The summed E-state index contributed by atoms with van der Waals surface area (Å²) in [5.74, 6) is 0. The normalized spacial score (nSPS) is 25.9. The highest BCUT2D eigenvalue weighted by molar-refractivity contribution is 6.30. The molecule has 2 N–H and O–H groups in total. The van der Waals surface area contributed by atoms with Crippen LogP contribution in [0.5, 0.6) is 0 Å². The molecular weight excluding hydrogens is 194 g/mol. The molecule has 2 rings (SSSR count). The quantitative estimate of drug-likeness (QED) is 0.757. The number of rotatable bonds is 1. The van der Waals surface area contributed by atoms with Gasteiger partial charge in [-0.25, -0.2) is 0 Å². The standard InChI is InChI=1S/C12H16ClN/c1-12(8-14)5-4-9-2-3-11(13)6-10(9)7-12/h2-3,6H,4-5,7-8,14H2,1H3. The van der Waals surface area contributed by atoms with Crippen molar-refractivity contribution in [3.8, 4) is 0 Å². The van der Waals surface area contributed by atoms with Gasteiger partial charge in [-0.1, -0.05) is 24.6 Å². The van der Waals surface area contributed by atoms with Crippen molar-refractivity contribution in [2.24, 2.45) is 11.1 Å². The number of halogens is 1. The van der Waals surface area contributed by atoms with Gasteiger partial charge in [-0.2, -0.15) is 0 Å². The molecule has 0 aliphatic heterocycles. The van der Waals surface area contributed by atoms with Gasteiger partial charge in [0.2, 0.25) is 0 Å². The van der Waals surface area contributed by atoms with Crippen LogP contribution in [0.15, 0.2) is 18.2 Å². The van der Waals surface area contributed by atoms with Crippen LogP contribution in [0.1, 0.15) is 24.5 Å². The van der Waals surface area contributed by atoms with Gasteiger partial charge in [0.1, 0.15) is 0 Å². The molecule has 0 radical (unpaired) electrons. The minimum atomic E-state index is 0.275. The van der Waals surface area contributed by atoms with Crippen molar-refractivity contribution in [2.45, 2.75) is 26.2 Å². The summed E-state index contributed by atoms with van der Waals surface area (Å²) in [5, 5.41) is 0.838. The molecule has 14 heavy (non-hydrogen) atoms. The Morgan fingerprint density at radius 2 is 2.21 bits per heavy atom. The second-order valence-corrected chi connectivity index (χ2v) is 5.04. The second kappa shape index (κ2) is 3.56. The highest BCUT2D eigenvalue weighted by Crippen LogP contribution is 2.35. The summed E-state index contributed by atoms with van der Waals surface area (Å²) in [4.78, 5) is 0. The first-order valence-corrected chi connectivity index (χ1v) is 5.48. The van der Waals surface area contributed by atoms with Crippen molar-refractivity contribution in [3.63, 3.8) is 0 Å². The Hall–Kier alpha value is -0.530. The largest absolute Gasteiger partial charge is 0.330 e. The molecule has 1 unspecified atom stereocenters. The van der Waals surface area contributed by atoms with Gasteiger partial charge in [-0.3, -0.25) is 0 Å². The summed E-state index contributed by atoms with van der Waals surface area (Å²) in [7, 11) is 0. The molecule has 1 aliphatic carbocycles. The molecule has 0 amide bonds. The van der Waals surface area contributed by atoms with E-state index in [1.807, 2.05) is 6.07 Å². The Balaban J connectivity index is 2.33.